The normalized spacial score (nSPS) is 17.7. The smallest absolute Gasteiger partial charge is 0.338 e. The molecule has 0 aromatic heterocycles. The number of carbonyl (C=O) groups excluding carboxylic acids is 3. The van der Waals surface area contributed by atoms with Crippen LogP contribution in [0.4, 0.5) is 15.8 Å². The van der Waals surface area contributed by atoms with E-state index in [9.17, 15) is 18.8 Å². The monoisotopic (exact) mass is 368 g/mol. The molecule has 0 spiro atoms. The summed E-state index contributed by atoms with van der Waals surface area (Å²) in [4.78, 5) is 38.5. The number of anilines is 2. The van der Waals surface area contributed by atoms with E-state index >= 15 is 0 Å². The zero-order chi connectivity index (χ0) is 19.0. The maximum absolute atomic E-state index is 13.2. The van der Waals surface area contributed by atoms with Crippen molar-refractivity contribution < 1.29 is 23.5 Å². The molecule has 1 saturated heterocycles. The van der Waals surface area contributed by atoms with Crippen LogP contribution >= 0.6 is 0 Å². The van der Waals surface area contributed by atoms with E-state index in [1.54, 1.807) is 18.2 Å². The quantitative estimate of drug-likeness (QED) is 0.663. The lowest BCUT2D eigenvalue weighted by Crippen LogP contribution is -2.43. The number of nitrogens with one attached hydrogen (secondary N) is 1. The summed E-state index contributed by atoms with van der Waals surface area (Å²) in [6, 6.07) is 9.99. The van der Waals surface area contributed by atoms with E-state index in [2.05, 4.69) is 5.32 Å². The lowest BCUT2D eigenvalue weighted by molar-refractivity contribution is -0.117. The van der Waals surface area contributed by atoms with Crippen LogP contribution < -0.4 is 10.2 Å². The second-order valence-electron chi connectivity index (χ2n) is 6.58. The van der Waals surface area contributed by atoms with Gasteiger partial charge < -0.3 is 15.0 Å². The van der Waals surface area contributed by atoms with Gasteiger partial charge in [-0.25, -0.2) is 9.18 Å². The van der Waals surface area contributed by atoms with Crippen molar-refractivity contribution in [3.05, 3.63) is 59.4 Å². The Labute approximate surface area is 154 Å². The van der Waals surface area contributed by atoms with Crippen LogP contribution in [0, 0.1) is 5.82 Å². The molecule has 2 heterocycles. The molecule has 0 unspecified atom stereocenters. The molecule has 0 saturated carbocycles. The third-order valence-electron chi connectivity index (χ3n) is 4.84. The third kappa shape index (κ3) is 3.28. The first-order chi connectivity index (χ1) is 13.0. The fourth-order valence-electron chi connectivity index (χ4n) is 3.52. The Morgan fingerprint density at radius 2 is 2.04 bits per heavy atom. The topological polar surface area (TPSA) is 75.7 Å². The Balaban J connectivity index is 1.46. The Bertz CT molecular complexity index is 943. The van der Waals surface area contributed by atoms with Crippen molar-refractivity contribution in [1.29, 1.82) is 0 Å². The lowest BCUT2D eigenvalue weighted by atomic mass is 10.1. The highest BCUT2D eigenvalue weighted by Crippen LogP contribution is 2.37. The van der Waals surface area contributed by atoms with Gasteiger partial charge in [0.1, 0.15) is 11.9 Å². The molecule has 7 heteroatoms. The van der Waals surface area contributed by atoms with Crippen LogP contribution in [0.5, 0.6) is 0 Å². The third-order valence-corrected chi connectivity index (χ3v) is 4.84. The van der Waals surface area contributed by atoms with Gasteiger partial charge in [0.05, 0.1) is 16.9 Å². The first kappa shape index (κ1) is 17.2. The van der Waals surface area contributed by atoms with Crippen molar-refractivity contribution in [3.63, 3.8) is 0 Å². The maximum Gasteiger partial charge on any atom is 0.338 e. The van der Waals surface area contributed by atoms with E-state index in [4.69, 9.17) is 4.74 Å². The molecule has 1 fully saturated rings. The fourth-order valence-corrected chi connectivity index (χ4v) is 3.52. The standard InChI is InChI=1S/C20H17FN2O4/c21-14-4-1-3-12(9-14)18(24)11-27-20(26)13-6-7-16-15(10-13)22-19(25)17-5-2-8-23(16)17/h1,3-4,6-7,9-10,17H,2,5,8,11H2,(H,22,25)/t17-/m1/s1. The number of nitrogens with zero attached hydrogens (tertiary/aromatic N) is 1. The first-order valence-electron chi connectivity index (χ1n) is 8.70. The van der Waals surface area contributed by atoms with Crippen LogP contribution in [0.25, 0.3) is 0 Å². The number of hydrogen-bond acceptors (Lipinski definition) is 5. The van der Waals surface area contributed by atoms with Crippen molar-refractivity contribution in [2.45, 2.75) is 18.9 Å². The molecule has 0 aliphatic carbocycles. The average molecular weight is 368 g/mol. The predicted octanol–water partition coefficient (Wildman–Crippen LogP) is 2.79. The first-order valence-corrected chi connectivity index (χ1v) is 8.70. The summed E-state index contributed by atoms with van der Waals surface area (Å²) in [5.74, 6) is -1.78. The maximum atomic E-state index is 13.2. The van der Waals surface area contributed by atoms with E-state index in [1.807, 2.05) is 4.90 Å². The van der Waals surface area contributed by atoms with Crippen molar-refractivity contribution >= 4 is 29.0 Å². The van der Waals surface area contributed by atoms with Gasteiger partial charge in [0.15, 0.2) is 12.4 Å². The number of amides is 1. The van der Waals surface area contributed by atoms with E-state index in [0.717, 1.165) is 31.1 Å². The fraction of sp³-hybridized carbons (Fsp3) is 0.250. The number of halogens is 1. The summed E-state index contributed by atoms with van der Waals surface area (Å²) in [5, 5.41) is 2.83. The van der Waals surface area contributed by atoms with Gasteiger partial charge in [0.25, 0.3) is 0 Å². The van der Waals surface area contributed by atoms with Crippen LogP contribution in [0.3, 0.4) is 0 Å². The van der Waals surface area contributed by atoms with E-state index in [0.29, 0.717) is 5.69 Å². The van der Waals surface area contributed by atoms with Crippen LogP contribution in [-0.4, -0.2) is 36.9 Å². The molecule has 2 aromatic carbocycles. The van der Waals surface area contributed by atoms with E-state index in [-0.39, 0.29) is 23.1 Å². The zero-order valence-corrected chi connectivity index (χ0v) is 14.4. The summed E-state index contributed by atoms with van der Waals surface area (Å²) in [6.45, 7) is 0.316. The van der Waals surface area contributed by atoms with Gasteiger partial charge in [-0.05, 0) is 43.2 Å². The molecule has 0 bridgehead atoms. The highest BCUT2D eigenvalue weighted by molar-refractivity contribution is 6.06. The molecular weight excluding hydrogens is 351 g/mol. The SMILES string of the molecule is O=C(COC(=O)c1ccc2c(c1)NC(=O)[C@H]1CCCN21)c1cccc(F)c1. The number of Topliss-reactive ketones (excluding diaryl/α,β-unsaturated/α-hetero) is 1. The highest BCUT2D eigenvalue weighted by Gasteiger charge is 2.36. The number of carbonyl (C=O) groups is 3. The number of hydrogen-bond donors (Lipinski definition) is 1. The number of benzene rings is 2. The second kappa shape index (κ2) is 6.83. The Hall–Kier alpha value is -3.22. The van der Waals surface area contributed by atoms with Crippen LogP contribution in [0.1, 0.15) is 33.6 Å². The van der Waals surface area contributed by atoms with Crippen molar-refractivity contribution in [3.8, 4) is 0 Å². The minimum atomic E-state index is -0.680. The molecule has 2 aliphatic heterocycles. The largest absolute Gasteiger partial charge is 0.454 e. The van der Waals surface area contributed by atoms with E-state index in [1.165, 1.54) is 18.2 Å². The Kier molecular flexibility index (Phi) is 4.35. The number of ketones is 1. The molecule has 1 amide bonds. The van der Waals surface area contributed by atoms with Gasteiger partial charge in [0, 0.05) is 12.1 Å². The summed E-state index contributed by atoms with van der Waals surface area (Å²) in [6.07, 6.45) is 1.76. The molecule has 2 aromatic rings. The number of rotatable bonds is 4. The summed E-state index contributed by atoms with van der Waals surface area (Å²) >= 11 is 0. The number of fused-ring (bicyclic) bond motifs is 3. The highest BCUT2D eigenvalue weighted by atomic mass is 19.1. The van der Waals surface area contributed by atoms with Crippen molar-refractivity contribution in [2.75, 3.05) is 23.4 Å². The Morgan fingerprint density at radius 1 is 1.19 bits per heavy atom. The molecule has 6 nitrogen and oxygen atoms in total. The van der Waals surface area contributed by atoms with Gasteiger partial charge in [-0.3, -0.25) is 9.59 Å². The van der Waals surface area contributed by atoms with Crippen LogP contribution in [0.2, 0.25) is 0 Å². The minimum Gasteiger partial charge on any atom is -0.454 e. The Morgan fingerprint density at radius 3 is 2.85 bits per heavy atom. The van der Waals surface area contributed by atoms with Gasteiger partial charge in [0.2, 0.25) is 5.91 Å². The number of esters is 1. The average Bonchev–Trinajstić information content (AvgIpc) is 3.16. The van der Waals surface area contributed by atoms with Crippen molar-refractivity contribution in [1.82, 2.24) is 0 Å². The van der Waals surface area contributed by atoms with Crippen LogP contribution in [-0.2, 0) is 9.53 Å². The van der Waals surface area contributed by atoms with Crippen LogP contribution in [0.15, 0.2) is 42.5 Å². The molecule has 138 valence electrons. The molecule has 0 radical (unpaired) electrons. The van der Waals surface area contributed by atoms with Gasteiger partial charge in [-0.1, -0.05) is 12.1 Å². The molecule has 1 atom stereocenters. The van der Waals surface area contributed by atoms with Gasteiger partial charge in [-0.2, -0.15) is 0 Å². The molecule has 2 aliphatic rings. The van der Waals surface area contributed by atoms with Crippen molar-refractivity contribution in [2.24, 2.45) is 0 Å². The summed E-state index contributed by atoms with van der Waals surface area (Å²) in [7, 11) is 0. The molecular formula is C20H17FN2O4. The number of ether oxygens (including phenoxy) is 1. The summed E-state index contributed by atoms with van der Waals surface area (Å²) in [5.41, 5.74) is 1.81. The summed E-state index contributed by atoms with van der Waals surface area (Å²) < 4.78 is 18.2. The predicted molar refractivity (Wildman–Crippen MR) is 96.5 cm³/mol. The second-order valence-corrected chi connectivity index (χ2v) is 6.58. The molecule has 4 rings (SSSR count). The van der Waals surface area contributed by atoms with E-state index < -0.39 is 24.2 Å². The van der Waals surface area contributed by atoms with Gasteiger partial charge in [-0.15, -0.1) is 0 Å². The molecule has 1 N–H and O–H groups in total. The lowest BCUT2D eigenvalue weighted by Gasteiger charge is -2.33. The molecule has 27 heavy (non-hydrogen) atoms. The zero-order valence-electron chi connectivity index (χ0n) is 14.4. The van der Waals surface area contributed by atoms with Gasteiger partial charge >= 0.3 is 5.97 Å². The minimum absolute atomic E-state index is 0.0770.